The van der Waals surface area contributed by atoms with Crippen molar-refractivity contribution in [3.63, 3.8) is 0 Å². The van der Waals surface area contributed by atoms with Crippen LogP contribution in [0.15, 0.2) is 18.2 Å². The number of nitrogens with zero attached hydrogens (tertiary/aromatic N) is 2. The van der Waals surface area contributed by atoms with Gasteiger partial charge in [-0.05, 0) is 31.5 Å². The average molecular weight is 374 g/mol. The lowest BCUT2D eigenvalue weighted by Crippen LogP contribution is -2.49. The Morgan fingerprint density at radius 3 is 2.63 bits per heavy atom. The summed E-state index contributed by atoms with van der Waals surface area (Å²) in [6.07, 6.45) is 1.16. The molecule has 3 heterocycles. The molecule has 0 bridgehead atoms. The number of anilines is 1. The summed E-state index contributed by atoms with van der Waals surface area (Å²) in [6, 6.07) is 5.78. The molecule has 7 heteroatoms. The first-order chi connectivity index (χ1) is 13.0. The number of hydrogen-bond donors (Lipinski definition) is 0. The summed E-state index contributed by atoms with van der Waals surface area (Å²) in [5.74, 6) is 0.161. The van der Waals surface area contributed by atoms with Crippen molar-refractivity contribution >= 4 is 17.5 Å². The zero-order valence-corrected chi connectivity index (χ0v) is 15.9. The highest BCUT2D eigenvalue weighted by molar-refractivity contribution is 6.00. The Bertz CT molecular complexity index is 734. The van der Waals surface area contributed by atoms with Crippen molar-refractivity contribution in [2.75, 3.05) is 37.7 Å². The van der Waals surface area contributed by atoms with E-state index in [-0.39, 0.29) is 11.8 Å². The second-order valence-electron chi connectivity index (χ2n) is 7.46. The Balaban J connectivity index is 1.39. The van der Waals surface area contributed by atoms with Crippen molar-refractivity contribution in [3.05, 3.63) is 23.8 Å². The molecule has 2 fully saturated rings. The van der Waals surface area contributed by atoms with E-state index < -0.39 is 11.9 Å². The molecular weight excluding hydrogens is 348 g/mol. The third-order valence-electron chi connectivity index (χ3n) is 5.56. The SMILES string of the molecule is Cc1ccc2c(c1)N(CCC(=O)N1CCC3(CC1)OCCO3)C(=O)[C@H](C)O2. The van der Waals surface area contributed by atoms with Gasteiger partial charge in [-0.1, -0.05) is 6.07 Å². The van der Waals surface area contributed by atoms with E-state index in [1.165, 1.54) is 0 Å². The summed E-state index contributed by atoms with van der Waals surface area (Å²) in [6.45, 7) is 6.59. The van der Waals surface area contributed by atoms with Crippen molar-refractivity contribution in [1.29, 1.82) is 0 Å². The number of hydrogen-bond acceptors (Lipinski definition) is 5. The third-order valence-corrected chi connectivity index (χ3v) is 5.56. The number of piperidine rings is 1. The topological polar surface area (TPSA) is 68.3 Å². The smallest absolute Gasteiger partial charge is 0.267 e. The van der Waals surface area contributed by atoms with Crippen LogP contribution in [-0.2, 0) is 19.1 Å². The number of carbonyl (C=O) groups excluding carboxylic acids is 2. The molecule has 0 aliphatic carbocycles. The average Bonchev–Trinajstić information content (AvgIpc) is 3.11. The minimum Gasteiger partial charge on any atom is -0.479 e. The second-order valence-corrected chi connectivity index (χ2v) is 7.46. The molecule has 1 atom stereocenters. The number of benzene rings is 1. The van der Waals surface area contributed by atoms with E-state index in [0.717, 1.165) is 11.3 Å². The number of aryl methyl sites for hydroxylation is 1. The van der Waals surface area contributed by atoms with Crippen molar-refractivity contribution < 1.29 is 23.8 Å². The van der Waals surface area contributed by atoms with E-state index in [1.54, 1.807) is 11.8 Å². The summed E-state index contributed by atoms with van der Waals surface area (Å²) in [5, 5.41) is 0. The standard InChI is InChI=1S/C20H26N2O5/c1-14-3-4-17-16(13-14)22(19(24)15(2)27-17)8-5-18(23)21-9-6-20(7-10-21)25-11-12-26-20/h3-4,13,15H,5-12H2,1-2H3/t15-/m0/s1. The highest BCUT2D eigenvalue weighted by Crippen LogP contribution is 2.35. The highest BCUT2D eigenvalue weighted by Gasteiger charge is 2.41. The normalized spacial score (nSPS) is 24.1. The monoisotopic (exact) mass is 374 g/mol. The summed E-state index contributed by atoms with van der Waals surface area (Å²) in [5.41, 5.74) is 1.80. The van der Waals surface area contributed by atoms with Gasteiger partial charge in [0.15, 0.2) is 11.9 Å². The molecule has 3 aliphatic rings. The van der Waals surface area contributed by atoms with Crippen molar-refractivity contribution in [2.24, 2.45) is 0 Å². The van der Waals surface area contributed by atoms with Crippen LogP contribution in [0.5, 0.6) is 5.75 Å². The predicted molar refractivity (Wildman–Crippen MR) is 98.7 cm³/mol. The maximum atomic E-state index is 12.7. The van der Waals surface area contributed by atoms with Gasteiger partial charge in [-0.2, -0.15) is 0 Å². The fraction of sp³-hybridized carbons (Fsp3) is 0.600. The molecule has 27 heavy (non-hydrogen) atoms. The van der Waals surface area contributed by atoms with Gasteiger partial charge in [-0.15, -0.1) is 0 Å². The first-order valence-electron chi connectivity index (χ1n) is 9.62. The molecule has 7 nitrogen and oxygen atoms in total. The number of rotatable bonds is 3. The summed E-state index contributed by atoms with van der Waals surface area (Å²) < 4.78 is 17.1. The van der Waals surface area contributed by atoms with E-state index in [1.807, 2.05) is 30.0 Å². The van der Waals surface area contributed by atoms with Crippen LogP contribution < -0.4 is 9.64 Å². The van der Waals surface area contributed by atoms with Gasteiger partial charge < -0.3 is 24.0 Å². The van der Waals surface area contributed by atoms with Crippen LogP contribution >= 0.6 is 0 Å². The molecule has 1 aromatic carbocycles. The van der Waals surface area contributed by atoms with E-state index in [0.29, 0.717) is 57.9 Å². The lowest BCUT2D eigenvalue weighted by atomic mass is 10.0. The van der Waals surface area contributed by atoms with Crippen LogP contribution in [0.4, 0.5) is 5.69 Å². The molecule has 0 radical (unpaired) electrons. The van der Waals surface area contributed by atoms with Crippen molar-refractivity contribution in [3.8, 4) is 5.75 Å². The number of amides is 2. The Kier molecular flexibility index (Phi) is 4.82. The van der Waals surface area contributed by atoms with Crippen LogP contribution in [-0.4, -0.2) is 61.5 Å². The van der Waals surface area contributed by atoms with Crippen LogP contribution in [0.25, 0.3) is 0 Å². The molecule has 0 unspecified atom stereocenters. The van der Waals surface area contributed by atoms with Crippen molar-refractivity contribution in [2.45, 2.75) is 45.0 Å². The molecule has 0 saturated carbocycles. The van der Waals surface area contributed by atoms with Gasteiger partial charge >= 0.3 is 0 Å². The molecule has 4 rings (SSSR count). The molecule has 146 valence electrons. The molecule has 0 N–H and O–H groups in total. The zero-order valence-electron chi connectivity index (χ0n) is 15.9. The summed E-state index contributed by atoms with van der Waals surface area (Å²) in [4.78, 5) is 28.8. The minimum atomic E-state index is -0.540. The number of carbonyl (C=O) groups is 2. The number of fused-ring (bicyclic) bond motifs is 1. The first kappa shape index (κ1) is 18.3. The van der Waals surface area contributed by atoms with Gasteiger partial charge in [0.2, 0.25) is 5.91 Å². The Morgan fingerprint density at radius 1 is 1.22 bits per heavy atom. The van der Waals surface area contributed by atoms with Gasteiger partial charge in [0.1, 0.15) is 5.75 Å². The van der Waals surface area contributed by atoms with Gasteiger partial charge in [0.05, 0.1) is 18.9 Å². The molecule has 0 aromatic heterocycles. The van der Waals surface area contributed by atoms with Crippen molar-refractivity contribution in [1.82, 2.24) is 4.90 Å². The quantitative estimate of drug-likeness (QED) is 0.808. The summed E-state index contributed by atoms with van der Waals surface area (Å²) >= 11 is 0. The largest absolute Gasteiger partial charge is 0.479 e. The van der Waals surface area contributed by atoms with E-state index in [9.17, 15) is 9.59 Å². The van der Waals surface area contributed by atoms with Crippen LogP contribution in [0.3, 0.4) is 0 Å². The highest BCUT2D eigenvalue weighted by atomic mass is 16.7. The van der Waals surface area contributed by atoms with Crippen LogP contribution in [0, 0.1) is 6.92 Å². The molecule has 3 aliphatic heterocycles. The Morgan fingerprint density at radius 2 is 1.93 bits per heavy atom. The van der Waals surface area contributed by atoms with Gasteiger partial charge in [-0.3, -0.25) is 9.59 Å². The molecular formula is C20H26N2O5. The van der Waals surface area contributed by atoms with Gasteiger partial charge in [0.25, 0.3) is 5.91 Å². The number of likely N-dealkylation sites (tertiary alicyclic amines) is 1. The predicted octanol–water partition coefficient (Wildman–Crippen LogP) is 1.86. The third kappa shape index (κ3) is 3.53. The Labute approximate surface area is 159 Å². The van der Waals surface area contributed by atoms with Crippen LogP contribution in [0.1, 0.15) is 31.7 Å². The molecule has 1 aromatic rings. The van der Waals surface area contributed by atoms with Gasteiger partial charge in [-0.25, -0.2) is 0 Å². The maximum absolute atomic E-state index is 12.7. The van der Waals surface area contributed by atoms with Crippen LogP contribution in [0.2, 0.25) is 0 Å². The van der Waals surface area contributed by atoms with E-state index >= 15 is 0 Å². The van der Waals surface area contributed by atoms with E-state index in [4.69, 9.17) is 14.2 Å². The molecule has 2 amide bonds. The first-order valence-corrected chi connectivity index (χ1v) is 9.62. The fourth-order valence-corrected chi connectivity index (χ4v) is 4.00. The lowest BCUT2D eigenvalue weighted by Gasteiger charge is -2.38. The van der Waals surface area contributed by atoms with E-state index in [2.05, 4.69) is 0 Å². The lowest BCUT2D eigenvalue weighted by molar-refractivity contribution is -0.187. The molecule has 2 saturated heterocycles. The Hall–Kier alpha value is -2.12. The summed E-state index contributed by atoms with van der Waals surface area (Å²) in [7, 11) is 0. The zero-order chi connectivity index (χ0) is 19.0. The second kappa shape index (κ2) is 7.13. The molecule has 1 spiro atoms. The number of ether oxygens (including phenoxy) is 3. The maximum Gasteiger partial charge on any atom is 0.267 e. The van der Waals surface area contributed by atoms with Gasteiger partial charge in [0, 0.05) is 38.9 Å². The fourth-order valence-electron chi connectivity index (χ4n) is 4.00. The minimum absolute atomic E-state index is 0.0593.